The van der Waals surface area contributed by atoms with Crippen molar-refractivity contribution in [2.45, 2.75) is 24.7 Å². The topological polar surface area (TPSA) is 84.9 Å². The van der Waals surface area contributed by atoms with Gasteiger partial charge in [-0.1, -0.05) is 22.9 Å². The Morgan fingerprint density at radius 3 is 2.54 bits per heavy atom. The minimum Gasteiger partial charge on any atom is -0.493 e. The lowest BCUT2D eigenvalue weighted by Crippen LogP contribution is -2.29. The third-order valence-corrected chi connectivity index (χ3v) is 6.37. The standard InChI is InChI=1S/C19H21BrN2O5S/c1-4-18(23)22-8-7-12-9-13(20)10-17(19(12)22)28(24,25)21-14-5-6-15(26-2)16(11-14)27-3/h5-6,9-11,21H,4,7-8H2,1-3H3. The molecule has 2 aromatic rings. The molecule has 0 atom stereocenters. The molecule has 0 bridgehead atoms. The highest BCUT2D eigenvalue weighted by Gasteiger charge is 2.32. The molecule has 0 radical (unpaired) electrons. The van der Waals surface area contributed by atoms with E-state index in [1.165, 1.54) is 20.3 Å². The van der Waals surface area contributed by atoms with E-state index in [0.717, 1.165) is 5.56 Å². The van der Waals surface area contributed by atoms with Gasteiger partial charge in [0.25, 0.3) is 10.0 Å². The molecule has 3 rings (SSSR count). The molecule has 0 aliphatic carbocycles. The Morgan fingerprint density at radius 2 is 1.89 bits per heavy atom. The van der Waals surface area contributed by atoms with Crippen molar-refractivity contribution in [2.24, 2.45) is 0 Å². The number of hydrogen-bond donors (Lipinski definition) is 1. The van der Waals surface area contributed by atoms with Gasteiger partial charge in [0.15, 0.2) is 11.5 Å². The Hall–Kier alpha value is -2.26. The van der Waals surface area contributed by atoms with Crippen molar-refractivity contribution in [3.05, 3.63) is 40.4 Å². The van der Waals surface area contributed by atoms with E-state index in [2.05, 4.69) is 20.7 Å². The fraction of sp³-hybridized carbons (Fsp3) is 0.316. The molecule has 1 aliphatic heterocycles. The largest absolute Gasteiger partial charge is 0.493 e. The summed E-state index contributed by atoms with van der Waals surface area (Å²) in [5.74, 6) is 0.794. The summed E-state index contributed by atoms with van der Waals surface area (Å²) in [5, 5.41) is 0. The summed E-state index contributed by atoms with van der Waals surface area (Å²) in [6, 6.07) is 8.13. The van der Waals surface area contributed by atoms with E-state index in [0.29, 0.717) is 46.7 Å². The van der Waals surface area contributed by atoms with Gasteiger partial charge in [0, 0.05) is 23.5 Å². The third-order valence-electron chi connectivity index (χ3n) is 4.52. The number of hydrogen-bond acceptors (Lipinski definition) is 5. The Balaban J connectivity index is 2.05. The zero-order valence-electron chi connectivity index (χ0n) is 15.8. The maximum Gasteiger partial charge on any atom is 0.264 e. The lowest BCUT2D eigenvalue weighted by molar-refractivity contribution is -0.118. The van der Waals surface area contributed by atoms with Gasteiger partial charge in [0.05, 0.1) is 25.6 Å². The van der Waals surface area contributed by atoms with Crippen molar-refractivity contribution in [3.8, 4) is 11.5 Å². The SMILES string of the molecule is CCC(=O)N1CCc2cc(Br)cc(S(=O)(=O)Nc3ccc(OC)c(OC)c3)c21. The maximum atomic E-state index is 13.2. The molecule has 0 spiro atoms. The molecular weight excluding hydrogens is 448 g/mol. The predicted molar refractivity (Wildman–Crippen MR) is 111 cm³/mol. The van der Waals surface area contributed by atoms with Crippen molar-refractivity contribution in [2.75, 3.05) is 30.4 Å². The number of carbonyl (C=O) groups excluding carboxylic acids is 1. The van der Waals surface area contributed by atoms with Crippen LogP contribution in [0.4, 0.5) is 11.4 Å². The average Bonchev–Trinajstić information content (AvgIpc) is 3.09. The van der Waals surface area contributed by atoms with Crippen LogP contribution < -0.4 is 19.1 Å². The van der Waals surface area contributed by atoms with E-state index in [-0.39, 0.29) is 10.8 Å². The van der Waals surface area contributed by atoms with Crippen LogP contribution in [0, 0.1) is 0 Å². The number of fused-ring (bicyclic) bond motifs is 1. The Morgan fingerprint density at radius 1 is 1.18 bits per heavy atom. The van der Waals surface area contributed by atoms with Gasteiger partial charge in [-0.2, -0.15) is 0 Å². The summed E-state index contributed by atoms with van der Waals surface area (Å²) >= 11 is 3.38. The zero-order valence-corrected chi connectivity index (χ0v) is 18.2. The molecule has 0 fully saturated rings. The molecule has 1 N–H and O–H groups in total. The van der Waals surface area contributed by atoms with E-state index in [4.69, 9.17) is 9.47 Å². The van der Waals surface area contributed by atoms with Crippen molar-refractivity contribution in [1.29, 1.82) is 0 Å². The fourth-order valence-electron chi connectivity index (χ4n) is 3.22. The summed E-state index contributed by atoms with van der Waals surface area (Å²) in [6.45, 7) is 2.23. The van der Waals surface area contributed by atoms with Crippen LogP contribution in [0.5, 0.6) is 11.5 Å². The molecule has 1 amide bonds. The van der Waals surface area contributed by atoms with Crippen LogP contribution in [0.3, 0.4) is 0 Å². The van der Waals surface area contributed by atoms with Crippen molar-refractivity contribution >= 4 is 43.2 Å². The quantitative estimate of drug-likeness (QED) is 0.700. The lowest BCUT2D eigenvalue weighted by Gasteiger charge is -2.21. The second-order valence-electron chi connectivity index (χ2n) is 6.24. The summed E-state index contributed by atoms with van der Waals surface area (Å²) in [4.78, 5) is 13.9. The van der Waals surface area contributed by atoms with Crippen LogP contribution in [-0.4, -0.2) is 35.1 Å². The summed E-state index contributed by atoms with van der Waals surface area (Å²) in [6.07, 6.45) is 0.914. The van der Waals surface area contributed by atoms with Gasteiger partial charge >= 0.3 is 0 Å². The van der Waals surface area contributed by atoms with Gasteiger partial charge < -0.3 is 14.4 Å². The molecule has 150 valence electrons. The van der Waals surface area contributed by atoms with Gasteiger partial charge in [-0.05, 0) is 36.2 Å². The molecule has 9 heteroatoms. The minimum atomic E-state index is -3.95. The number of amides is 1. The summed E-state index contributed by atoms with van der Waals surface area (Å²) in [5.41, 5.74) is 1.60. The molecule has 28 heavy (non-hydrogen) atoms. The second-order valence-corrected chi connectivity index (χ2v) is 8.80. The van der Waals surface area contributed by atoms with Gasteiger partial charge in [-0.15, -0.1) is 0 Å². The van der Waals surface area contributed by atoms with Gasteiger partial charge in [0.2, 0.25) is 5.91 Å². The number of ether oxygens (including phenoxy) is 2. The van der Waals surface area contributed by atoms with Gasteiger partial charge in [-0.25, -0.2) is 8.42 Å². The highest BCUT2D eigenvalue weighted by atomic mass is 79.9. The van der Waals surface area contributed by atoms with Crippen LogP contribution >= 0.6 is 15.9 Å². The number of halogens is 1. The molecule has 1 aliphatic rings. The number of benzene rings is 2. The van der Waals surface area contributed by atoms with Crippen molar-refractivity contribution < 1.29 is 22.7 Å². The molecule has 7 nitrogen and oxygen atoms in total. The molecule has 0 saturated heterocycles. The van der Waals surface area contributed by atoms with E-state index < -0.39 is 10.0 Å². The van der Waals surface area contributed by atoms with E-state index >= 15 is 0 Å². The molecule has 0 saturated carbocycles. The monoisotopic (exact) mass is 468 g/mol. The average molecular weight is 469 g/mol. The van der Waals surface area contributed by atoms with E-state index in [1.807, 2.05) is 6.07 Å². The molecular formula is C19H21BrN2O5S. The van der Waals surface area contributed by atoms with Gasteiger partial charge in [-0.3, -0.25) is 9.52 Å². The second kappa shape index (κ2) is 8.00. The number of nitrogens with zero attached hydrogens (tertiary/aromatic N) is 1. The number of anilines is 2. The van der Waals surface area contributed by atoms with Crippen LogP contribution in [0.1, 0.15) is 18.9 Å². The molecule has 0 aromatic heterocycles. The van der Waals surface area contributed by atoms with Crippen molar-refractivity contribution in [3.63, 3.8) is 0 Å². The highest BCUT2D eigenvalue weighted by Crippen LogP contribution is 2.39. The normalized spacial score (nSPS) is 13.2. The highest BCUT2D eigenvalue weighted by molar-refractivity contribution is 9.10. The van der Waals surface area contributed by atoms with Gasteiger partial charge in [0.1, 0.15) is 4.90 Å². The number of rotatable bonds is 6. The van der Waals surface area contributed by atoms with Crippen molar-refractivity contribution in [1.82, 2.24) is 0 Å². The first-order valence-corrected chi connectivity index (χ1v) is 11.0. The first-order valence-electron chi connectivity index (χ1n) is 8.68. The smallest absolute Gasteiger partial charge is 0.264 e. The first kappa shape index (κ1) is 20.5. The van der Waals surface area contributed by atoms with E-state index in [9.17, 15) is 13.2 Å². The Kier molecular flexibility index (Phi) is 5.85. The Bertz CT molecular complexity index is 1020. The Labute approximate surface area is 172 Å². The van der Waals surface area contributed by atoms with Crippen LogP contribution in [0.25, 0.3) is 0 Å². The fourth-order valence-corrected chi connectivity index (χ4v) is 5.21. The first-order chi connectivity index (χ1) is 13.3. The van der Waals surface area contributed by atoms with E-state index in [1.54, 1.807) is 30.0 Å². The number of carbonyl (C=O) groups is 1. The third kappa shape index (κ3) is 3.81. The van der Waals surface area contributed by atoms with Crippen LogP contribution in [0.2, 0.25) is 0 Å². The number of nitrogens with one attached hydrogen (secondary N) is 1. The lowest BCUT2D eigenvalue weighted by atomic mass is 10.2. The predicted octanol–water partition coefficient (Wildman–Crippen LogP) is 3.57. The number of sulfonamides is 1. The maximum absolute atomic E-state index is 13.2. The number of methoxy groups -OCH3 is 2. The summed E-state index contributed by atoms with van der Waals surface area (Å²) in [7, 11) is -0.967. The minimum absolute atomic E-state index is 0.0611. The summed E-state index contributed by atoms with van der Waals surface area (Å²) < 4.78 is 40.0. The van der Waals surface area contributed by atoms with Crippen LogP contribution in [0.15, 0.2) is 39.7 Å². The molecule has 2 aromatic carbocycles. The zero-order chi connectivity index (χ0) is 20.5. The van der Waals surface area contributed by atoms with Crippen LogP contribution in [-0.2, 0) is 21.2 Å². The molecule has 1 heterocycles. The molecule has 0 unspecified atom stereocenters.